The van der Waals surface area contributed by atoms with Gasteiger partial charge in [0.2, 0.25) is 0 Å². The third-order valence-electron chi connectivity index (χ3n) is 3.11. The van der Waals surface area contributed by atoms with Crippen LogP contribution in [-0.2, 0) is 0 Å². The van der Waals surface area contributed by atoms with Crippen LogP contribution in [0.4, 0.5) is 5.82 Å². The molecule has 0 atom stereocenters. The molecule has 0 radical (unpaired) electrons. The van der Waals surface area contributed by atoms with E-state index in [2.05, 4.69) is 20.2 Å². The Balaban J connectivity index is 1.54. The number of anilines is 1. The molecule has 0 saturated carbocycles. The van der Waals surface area contributed by atoms with Gasteiger partial charge in [-0.2, -0.15) is 0 Å². The van der Waals surface area contributed by atoms with Gasteiger partial charge in [0.15, 0.2) is 0 Å². The van der Waals surface area contributed by atoms with Crippen LogP contribution in [0.15, 0.2) is 48.9 Å². The minimum absolute atomic E-state index is 0.0706. The molecule has 1 amide bonds. The number of nitrogens with one attached hydrogen (secondary N) is 1. The molecule has 0 spiro atoms. The van der Waals surface area contributed by atoms with Crippen LogP contribution in [0.2, 0.25) is 0 Å². The molecule has 96 valence electrons. The van der Waals surface area contributed by atoms with Crippen LogP contribution in [0.5, 0.6) is 0 Å². The summed E-state index contributed by atoms with van der Waals surface area (Å²) in [7, 11) is 0. The molecule has 0 aliphatic carbocycles. The first-order chi connectivity index (χ1) is 9.33. The number of rotatable bonds is 3. The third-order valence-corrected chi connectivity index (χ3v) is 3.11. The summed E-state index contributed by atoms with van der Waals surface area (Å²) < 4.78 is 0. The number of aromatic nitrogens is 2. The van der Waals surface area contributed by atoms with E-state index >= 15 is 0 Å². The van der Waals surface area contributed by atoms with E-state index in [9.17, 15) is 4.79 Å². The lowest BCUT2D eigenvalue weighted by molar-refractivity contribution is 0.0929. The number of hydrogen-bond donors (Lipinski definition) is 1. The van der Waals surface area contributed by atoms with Crippen molar-refractivity contribution in [1.29, 1.82) is 0 Å². The van der Waals surface area contributed by atoms with Crippen molar-refractivity contribution in [1.82, 2.24) is 15.3 Å². The second-order valence-corrected chi connectivity index (χ2v) is 4.51. The van der Waals surface area contributed by atoms with Crippen LogP contribution in [-0.4, -0.2) is 35.0 Å². The molecule has 0 aromatic carbocycles. The molecule has 1 N–H and O–H groups in total. The second kappa shape index (κ2) is 5.06. The van der Waals surface area contributed by atoms with Crippen molar-refractivity contribution in [2.24, 2.45) is 0 Å². The van der Waals surface area contributed by atoms with Crippen LogP contribution < -0.4 is 10.2 Å². The summed E-state index contributed by atoms with van der Waals surface area (Å²) in [4.78, 5) is 22.3. The van der Waals surface area contributed by atoms with E-state index in [1.807, 2.05) is 18.2 Å². The molecule has 2 aromatic heterocycles. The molecule has 0 bridgehead atoms. The van der Waals surface area contributed by atoms with Crippen molar-refractivity contribution in [2.75, 3.05) is 18.0 Å². The fourth-order valence-corrected chi connectivity index (χ4v) is 2.06. The van der Waals surface area contributed by atoms with Gasteiger partial charge in [-0.3, -0.25) is 9.78 Å². The normalized spacial score (nSPS) is 14.8. The van der Waals surface area contributed by atoms with Crippen molar-refractivity contribution in [3.05, 3.63) is 54.5 Å². The molecule has 0 unspecified atom stereocenters. The number of nitrogens with zero attached hydrogens (tertiary/aromatic N) is 3. The van der Waals surface area contributed by atoms with E-state index in [1.165, 1.54) is 0 Å². The Morgan fingerprint density at radius 3 is 2.79 bits per heavy atom. The Kier molecular flexibility index (Phi) is 3.10. The predicted octanol–water partition coefficient (Wildman–Crippen LogP) is 1.10. The highest BCUT2D eigenvalue weighted by molar-refractivity contribution is 5.94. The highest BCUT2D eigenvalue weighted by atomic mass is 16.1. The van der Waals surface area contributed by atoms with Crippen molar-refractivity contribution < 1.29 is 4.79 Å². The van der Waals surface area contributed by atoms with E-state index in [0.717, 1.165) is 18.9 Å². The SMILES string of the molecule is O=C(NC1CN(c2ccccn2)C1)c1cccnc1. The molecule has 5 nitrogen and oxygen atoms in total. The second-order valence-electron chi connectivity index (χ2n) is 4.51. The molecular formula is C14H14N4O. The number of carbonyl (C=O) groups is 1. The number of pyridine rings is 2. The Labute approximate surface area is 111 Å². The largest absolute Gasteiger partial charge is 0.352 e. The van der Waals surface area contributed by atoms with Gasteiger partial charge in [-0.15, -0.1) is 0 Å². The van der Waals surface area contributed by atoms with Crippen molar-refractivity contribution >= 4 is 11.7 Å². The summed E-state index contributed by atoms with van der Waals surface area (Å²) in [5, 5.41) is 2.98. The first-order valence-electron chi connectivity index (χ1n) is 6.20. The molecule has 5 heteroatoms. The molecule has 1 saturated heterocycles. The average Bonchev–Trinajstić information content (AvgIpc) is 2.44. The summed E-state index contributed by atoms with van der Waals surface area (Å²) in [5.74, 6) is 0.883. The van der Waals surface area contributed by atoms with Crippen LogP contribution in [0, 0.1) is 0 Å². The van der Waals surface area contributed by atoms with E-state index < -0.39 is 0 Å². The predicted molar refractivity (Wildman–Crippen MR) is 71.9 cm³/mol. The Hall–Kier alpha value is -2.43. The van der Waals surface area contributed by atoms with Gasteiger partial charge in [0.1, 0.15) is 5.82 Å². The molecule has 19 heavy (non-hydrogen) atoms. The quantitative estimate of drug-likeness (QED) is 0.891. The Morgan fingerprint density at radius 1 is 1.21 bits per heavy atom. The van der Waals surface area contributed by atoms with Crippen LogP contribution >= 0.6 is 0 Å². The zero-order valence-corrected chi connectivity index (χ0v) is 10.4. The molecule has 2 aromatic rings. The van der Waals surface area contributed by atoms with Gasteiger partial charge in [0.05, 0.1) is 11.6 Å². The van der Waals surface area contributed by atoms with Gasteiger partial charge in [-0.1, -0.05) is 6.07 Å². The minimum atomic E-state index is -0.0706. The van der Waals surface area contributed by atoms with E-state index in [1.54, 1.807) is 30.7 Å². The Bertz CT molecular complexity index is 552. The summed E-state index contributed by atoms with van der Waals surface area (Å²) in [6.45, 7) is 1.59. The average molecular weight is 254 g/mol. The maximum Gasteiger partial charge on any atom is 0.253 e. The lowest BCUT2D eigenvalue weighted by atomic mass is 10.1. The zero-order valence-electron chi connectivity index (χ0n) is 10.4. The van der Waals surface area contributed by atoms with Gasteiger partial charge < -0.3 is 10.2 Å². The zero-order chi connectivity index (χ0) is 13.1. The van der Waals surface area contributed by atoms with Gasteiger partial charge in [0.25, 0.3) is 5.91 Å². The van der Waals surface area contributed by atoms with Gasteiger partial charge in [-0.05, 0) is 24.3 Å². The maximum atomic E-state index is 11.9. The number of carbonyl (C=O) groups excluding carboxylic acids is 1. The first kappa shape index (κ1) is 11.6. The fourth-order valence-electron chi connectivity index (χ4n) is 2.06. The number of amides is 1. The fraction of sp³-hybridized carbons (Fsp3) is 0.214. The van der Waals surface area contributed by atoms with Gasteiger partial charge in [-0.25, -0.2) is 4.98 Å². The topological polar surface area (TPSA) is 58.1 Å². The smallest absolute Gasteiger partial charge is 0.253 e. The molecule has 1 aliphatic rings. The van der Waals surface area contributed by atoms with Crippen molar-refractivity contribution in [2.45, 2.75) is 6.04 Å². The van der Waals surface area contributed by atoms with Gasteiger partial charge >= 0.3 is 0 Å². The lowest BCUT2D eigenvalue weighted by Gasteiger charge is -2.40. The molecule has 1 aliphatic heterocycles. The van der Waals surface area contributed by atoms with Gasteiger partial charge in [0, 0.05) is 31.7 Å². The maximum absolute atomic E-state index is 11.9. The van der Waals surface area contributed by atoms with E-state index in [0.29, 0.717) is 5.56 Å². The first-order valence-corrected chi connectivity index (χ1v) is 6.20. The summed E-state index contributed by atoms with van der Waals surface area (Å²) in [6.07, 6.45) is 5.00. The Morgan fingerprint density at radius 2 is 2.11 bits per heavy atom. The van der Waals surface area contributed by atoms with Crippen LogP contribution in [0.25, 0.3) is 0 Å². The number of hydrogen-bond acceptors (Lipinski definition) is 4. The van der Waals surface area contributed by atoms with Crippen molar-refractivity contribution in [3.8, 4) is 0 Å². The molecule has 3 rings (SSSR count). The monoisotopic (exact) mass is 254 g/mol. The summed E-state index contributed by atoms with van der Waals surface area (Å²) >= 11 is 0. The van der Waals surface area contributed by atoms with E-state index in [4.69, 9.17) is 0 Å². The van der Waals surface area contributed by atoms with E-state index in [-0.39, 0.29) is 11.9 Å². The third kappa shape index (κ3) is 2.54. The highest BCUT2D eigenvalue weighted by Crippen LogP contribution is 2.17. The standard InChI is InChI=1S/C14H14N4O/c19-14(11-4-3-6-15-8-11)17-12-9-18(10-12)13-5-1-2-7-16-13/h1-8,12H,9-10H2,(H,17,19). The molecular weight excluding hydrogens is 240 g/mol. The lowest BCUT2D eigenvalue weighted by Crippen LogP contribution is -2.59. The summed E-state index contributed by atoms with van der Waals surface area (Å²) in [6, 6.07) is 9.52. The minimum Gasteiger partial charge on any atom is -0.352 e. The van der Waals surface area contributed by atoms with Crippen molar-refractivity contribution in [3.63, 3.8) is 0 Å². The van der Waals surface area contributed by atoms with Crippen LogP contribution in [0.1, 0.15) is 10.4 Å². The summed E-state index contributed by atoms with van der Waals surface area (Å²) in [5.41, 5.74) is 0.596. The van der Waals surface area contributed by atoms with Crippen LogP contribution in [0.3, 0.4) is 0 Å². The molecule has 1 fully saturated rings. The highest BCUT2D eigenvalue weighted by Gasteiger charge is 2.28. The molecule has 3 heterocycles.